The van der Waals surface area contributed by atoms with E-state index >= 15 is 0 Å². The Morgan fingerprint density at radius 3 is 2.70 bits per heavy atom. The highest BCUT2D eigenvalue weighted by Crippen LogP contribution is 2.42. The number of hydrogen-bond donors (Lipinski definition) is 1. The van der Waals surface area contributed by atoms with Gasteiger partial charge in [0.15, 0.2) is 0 Å². The Balaban J connectivity index is 1.92. The van der Waals surface area contributed by atoms with Crippen molar-refractivity contribution in [3.8, 4) is 5.75 Å². The minimum Gasteiger partial charge on any atom is -0.486 e. The van der Waals surface area contributed by atoms with Crippen molar-refractivity contribution in [1.82, 2.24) is 4.31 Å². The van der Waals surface area contributed by atoms with Crippen molar-refractivity contribution in [3.05, 3.63) is 23.8 Å². The molecule has 1 aromatic rings. The third-order valence-electron chi connectivity index (χ3n) is 4.38. The van der Waals surface area contributed by atoms with E-state index in [-0.39, 0.29) is 23.1 Å². The lowest BCUT2D eigenvalue weighted by Crippen LogP contribution is -2.34. The van der Waals surface area contributed by atoms with E-state index in [0.717, 1.165) is 24.8 Å². The minimum absolute atomic E-state index is 0.0938. The first kappa shape index (κ1) is 16.7. The maximum absolute atomic E-state index is 13.2. The smallest absolute Gasteiger partial charge is 0.247 e. The molecule has 1 saturated carbocycles. The normalized spacial score (nSPS) is 19.7. The van der Waals surface area contributed by atoms with Crippen LogP contribution in [0.2, 0.25) is 0 Å². The number of rotatable bonds is 7. The maximum atomic E-state index is 13.2. The molecule has 1 N–H and O–H groups in total. The lowest BCUT2D eigenvalue weighted by atomic mass is 10.0. The van der Waals surface area contributed by atoms with Crippen LogP contribution >= 0.6 is 0 Å². The monoisotopic (exact) mass is 339 g/mol. The van der Waals surface area contributed by atoms with E-state index in [9.17, 15) is 8.42 Å². The van der Waals surface area contributed by atoms with E-state index in [2.05, 4.69) is 0 Å². The van der Waals surface area contributed by atoms with Gasteiger partial charge in [-0.25, -0.2) is 8.42 Å². The fourth-order valence-corrected chi connectivity index (χ4v) is 5.04. The van der Waals surface area contributed by atoms with Crippen LogP contribution in [0.3, 0.4) is 0 Å². The number of ether oxygens (including phenoxy) is 1. The highest BCUT2D eigenvalue weighted by molar-refractivity contribution is 7.89. The second-order valence-corrected chi connectivity index (χ2v) is 8.92. The van der Waals surface area contributed by atoms with E-state index in [1.807, 2.05) is 19.9 Å². The fraction of sp³-hybridized carbons (Fsp3) is 0.647. The first-order chi connectivity index (χ1) is 10.8. The summed E-state index contributed by atoms with van der Waals surface area (Å²) in [6.07, 6.45) is 3.85. The molecule has 2 aliphatic rings. The highest BCUT2D eigenvalue weighted by atomic mass is 32.2. The molecular formula is C17H25NO4S. The number of para-hydroxylation sites is 1. The van der Waals surface area contributed by atoms with E-state index in [4.69, 9.17) is 9.84 Å². The van der Waals surface area contributed by atoms with Crippen molar-refractivity contribution in [3.63, 3.8) is 0 Å². The summed E-state index contributed by atoms with van der Waals surface area (Å²) < 4.78 is 33.9. The fourth-order valence-electron chi connectivity index (χ4n) is 3.16. The zero-order valence-electron chi connectivity index (χ0n) is 13.8. The summed E-state index contributed by atoms with van der Waals surface area (Å²) in [5, 5.41) is 8.95. The molecule has 0 aromatic heterocycles. The first-order valence-corrected chi connectivity index (χ1v) is 9.73. The molecule has 1 aromatic carbocycles. The summed E-state index contributed by atoms with van der Waals surface area (Å²) in [6.45, 7) is 4.50. The van der Waals surface area contributed by atoms with Gasteiger partial charge in [0.25, 0.3) is 0 Å². The van der Waals surface area contributed by atoms with Crippen molar-refractivity contribution in [2.75, 3.05) is 13.2 Å². The Morgan fingerprint density at radius 2 is 2.04 bits per heavy atom. The zero-order chi connectivity index (χ0) is 16.7. The Kier molecular flexibility index (Phi) is 4.42. The van der Waals surface area contributed by atoms with Crippen LogP contribution in [0.25, 0.3) is 0 Å². The van der Waals surface area contributed by atoms with Crippen molar-refractivity contribution in [2.45, 2.75) is 62.5 Å². The molecule has 1 aliphatic carbocycles. The number of benzene rings is 1. The van der Waals surface area contributed by atoms with Crippen LogP contribution in [-0.4, -0.2) is 42.6 Å². The van der Waals surface area contributed by atoms with E-state index < -0.39 is 10.0 Å². The quantitative estimate of drug-likeness (QED) is 0.774. The van der Waals surface area contributed by atoms with E-state index in [0.29, 0.717) is 25.1 Å². The number of sulfonamides is 1. The molecule has 0 bridgehead atoms. The number of hydrogen-bond acceptors (Lipinski definition) is 4. The van der Waals surface area contributed by atoms with Gasteiger partial charge in [-0.15, -0.1) is 0 Å². The lowest BCUT2D eigenvalue weighted by molar-refractivity contribution is 0.134. The lowest BCUT2D eigenvalue weighted by Gasteiger charge is -2.24. The molecule has 3 rings (SSSR count). The van der Waals surface area contributed by atoms with Gasteiger partial charge in [0.05, 0.1) is 0 Å². The molecule has 0 radical (unpaired) electrons. The zero-order valence-corrected chi connectivity index (χ0v) is 14.6. The van der Waals surface area contributed by atoms with Crippen LogP contribution in [-0.2, 0) is 16.4 Å². The van der Waals surface area contributed by atoms with Gasteiger partial charge < -0.3 is 9.84 Å². The van der Waals surface area contributed by atoms with Gasteiger partial charge in [0, 0.05) is 25.6 Å². The summed E-state index contributed by atoms with van der Waals surface area (Å²) in [7, 11) is -3.57. The van der Waals surface area contributed by atoms with Gasteiger partial charge in [-0.2, -0.15) is 4.31 Å². The van der Waals surface area contributed by atoms with Crippen molar-refractivity contribution in [2.24, 2.45) is 0 Å². The molecule has 1 fully saturated rings. The van der Waals surface area contributed by atoms with Crippen molar-refractivity contribution < 1.29 is 18.3 Å². The highest BCUT2D eigenvalue weighted by Gasteiger charge is 2.41. The van der Waals surface area contributed by atoms with Crippen LogP contribution in [0.15, 0.2) is 23.1 Å². The Bertz CT molecular complexity index is 680. The average molecular weight is 339 g/mol. The summed E-state index contributed by atoms with van der Waals surface area (Å²) in [6, 6.07) is 5.49. The minimum atomic E-state index is -3.57. The average Bonchev–Trinajstić information content (AvgIpc) is 3.24. The van der Waals surface area contributed by atoms with Gasteiger partial charge in [0.2, 0.25) is 10.0 Å². The SMILES string of the molecule is CC1(C)Cc2cccc(S(=O)(=O)N(CCCCO)C3CC3)c2O1. The second kappa shape index (κ2) is 6.07. The molecule has 128 valence electrons. The van der Waals surface area contributed by atoms with Gasteiger partial charge in [-0.3, -0.25) is 0 Å². The van der Waals surface area contributed by atoms with Crippen LogP contribution in [0.1, 0.15) is 45.1 Å². The van der Waals surface area contributed by atoms with Crippen LogP contribution in [0.4, 0.5) is 0 Å². The van der Waals surface area contributed by atoms with E-state index in [1.54, 1.807) is 16.4 Å². The van der Waals surface area contributed by atoms with Crippen LogP contribution in [0.5, 0.6) is 5.75 Å². The molecule has 0 unspecified atom stereocenters. The summed E-state index contributed by atoms with van der Waals surface area (Å²) in [5.74, 6) is 0.519. The standard InChI is InChI=1S/C17H25NO4S/c1-17(2)12-13-6-5-7-15(16(13)22-17)23(20,21)18(14-8-9-14)10-3-4-11-19/h5-7,14,19H,3-4,8-12H2,1-2H3. The Labute approximate surface area is 138 Å². The summed E-state index contributed by atoms with van der Waals surface area (Å²) >= 11 is 0. The van der Waals surface area contributed by atoms with Gasteiger partial charge >= 0.3 is 0 Å². The van der Waals surface area contributed by atoms with Crippen molar-refractivity contribution in [1.29, 1.82) is 0 Å². The Morgan fingerprint density at radius 1 is 1.30 bits per heavy atom. The molecule has 0 saturated heterocycles. The third-order valence-corrected chi connectivity index (χ3v) is 6.36. The molecule has 5 nitrogen and oxygen atoms in total. The van der Waals surface area contributed by atoms with Gasteiger partial charge in [-0.05, 0) is 51.2 Å². The predicted molar refractivity (Wildman–Crippen MR) is 88.1 cm³/mol. The predicted octanol–water partition coefficient (Wildman–Crippen LogP) is 2.33. The maximum Gasteiger partial charge on any atom is 0.247 e. The molecule has 1 aliphatic heterocycles. The van der Waals surface area contributed by atoms with E-state index in [1.165, 1.54) is 0 Å². The number of unbranched alkanes of at least 4 members (excludes halogenated alkanes) is 1. The second-order valence-electron chi connectivity index (χ2n) is 7.06. The summed E-state index contributed by atoms with van der Waals surface area (Å²) in [5.41, 5.74) is 0.595. The number of nitrogens with zero attached hydrogens (tertiary/aromatic N) is 1. The number of aliphatic hydroxyl groups is 1. The third kappa shape index (κ3) is 3.39. The molecule has 1 heterocycles. The molecule has 23 heavy (non-hydrogen) atoms. The first-order valence-electron chi connectivity index (χ1n) is 8.29. The largest absolute Gasteiger partial charge is 0.486 e. The van der Waals surface area contributed by atoms with Crippen LogP contribution < -0.4 is 4.74 Å². The Hall–Kier alpha value is -1.11. The van der Waals surface area contributed by atoms with Gasteiger partial charge in [0.1, 0.15) is 16.2 Å². The molecule has 0 spiro atoms. The molecular weight excluding hydrogens is 314 g/mol. The van der Waals surface area contributed by atoms with Gasteiger partial charge in [-0.1, -0.05) is 12.1 Å². The number of fused-ring (bicyclic) bond motifs is 1. The molecule has 6 heteroatoms. The molecule has 0 amide bonds. The topological polar surface area (TPSA) is 66.8 Å². The van der Waals surface area contributed by atoms with Crippen LogP contribution in [0, 0.1) is 0 Å². The number of aliphatic hydroxyl groups excluding tert-OH is 1. The summed E-state index contributed by atoms with van der Waals surface area (Å²) in [4.78, 5) is 0.288. The molecule has 0 atom stereocenters. The van der Waals surface area contributed by atoms with Crippen molar-refractivity contribution >= 4 is 10.0 Å².